The van der Waals surface area contributed by atoms with Crippen molar-refractivity contribution in [2.75, 3.05) is 10.9 Å². The van der Waals surface area contributed by atoms with Crippen molar-refractivity contribution in [2.45, 2.75) is 18.7 Å². The largest absolute Gasteiger partial charge is 0.483 e. The first-order valence-corrected chi connectivity index (χ1v) is 11.6. The fourth-order valence-corrected chi connectivity index (χ4v) is 5.13. The molecule has 0 aliphatic heterocycles. The molecule has 1 amide bonds. The van der Waals surface area contributed by atoms with Gasteiger partial charge in [0.25, 0.3) is 15.9 Å². The quantitative estimate of drug-likeness (QED) is 0.440. The number of sulfonamides is 1. The second-order valence-electron chi connectivity index (χ2n) is 6.56. The minimum absolute atomic E-state index is 0.0203. The Hall–Kier alpha value is -2.35. The molecule has 0 fully saturated rings. The summed E-state index contributed by atoms with van der Waals surface area (Å²) in [5, 5.41) is 0.504. The van der Waals surface area contributed by atoms with Crippen LogP contribution in [0.25, 0.3) is 0 Å². The molecule has 30 heavy (non-hydrogen) atoms. The molecule has 0 saturated heterocycles. The van der Waals surface area contributed by atoms with Gasteiger partial charge in [0.1, 0.15) is 5.75 Å². The number of hydrogen-bond donors (Lipinski definition) is 0. The Kier molecular flexibility index (Phi) is 6.85. The summed E-state index contributed by atoms with van der Waals surface area (Å²) in [5.74, 6) is -0.333. The number of amides is 1. The van der Waals surface area contributed by atoms with E-state index in [1.54, 1.807) is 55.5 Å². The minimum Gasteiger partial charge on any atom is -0.483 e. The number of ether oxygens (including phenoxy) is 1. The Bertz CT molecular complexity index is 1180. The number of anilines is 1. The molecular formula is C22H19BrClNO4S. The van der Waals surface area contributed by atoms with Crippen molar-refractivity contribution in [3.8, 4) is 5.75 Å². The molecule has 8 heteroatoms. The van der Waals surface area contributed by atoms with Gasteiger partial charge in [0.15, 0.2) is 6.61 Å². The highest BCUT2D eigenvalue weighted by molar-refractivity contribution is 9.10. The van der Waals surface area contributed by atoms with E-state index >= 15 is 0 Å². The van der Waals surface area contributed by atoms with E-state index in [4.69, 9.17) is 16.3 Å². The van der Waals surface area contributed by atoms with Gasteiger partial charge in [0.2, 0.25) is 0 Å². The van der Waals surface area contributed by atoms with E-state index in [0.29, 0.717) is 26.5 Å². The van der Waals surface area contributed by atoms with Crippen LogP contribution in [-0.2, 0) is 14.8 Å². The van der Waals surface area contributed by atoms with Crippen molar-refractivity contribution in [2.24, 2.45) is 0 Å². The van der Waals surface area contributed by atoms with Crippen LogP contribution in [0.1, 0.15) is 11.1 Å². The van der Waals surface area contributed by atoms with E-state index in [-0.39, 0.29) is 4.90 Å². The van der Waals surface area contributed by atoms with E-state index in [0.717, 1.165) is 9.87 Å². The molecule has 0 saturated carbocycles. The fourth-order valence-electron chi connectivity index (χ4n) is 2.84. The zero-order valence-electron chi connectivity index (χ0n) is 16.3. The summed E-state index contributed by atoms with van der Waals surface area (Å²) in [6.07, 6.45) is 0. The van der Waals surface area contributed by atoms with Crippen LogP contribution in [0, 0.1) is 13.8 Å². The van der Waals surface area contributed by atoms with Gasteiger partial charge < -0.3 is 4.74 Å². The zero-order valence-corrected chi connectivity index (χ0v) is 19.5. The molecular weight excluding hydrogens is 490 g/mol. The third-order valence-corrected chi connectivity index (χ3v) is 7.15. The van der Waals surface area contributed by atoms with Crippen LogP contribution in [-0.4, -0.2) is 20.9 Å². The summed E-state index contributed by atoms with van der Waals surface area (Å²) in [7, 11) is -4.14. The Morgan fingerprint density at radius 2 is 1.73 bits per heavy atom. The number of carbonyl (C=O) groups is 1. The number of hydrogen-bond acceptors (Lipinski definition) is 4. The highest BCUT2D eigenvalue weighted by Crippen LogP contribution is 2.31. The van der Waals surface area contributed by atoms with Crippen LogP contribution in [0.2, 0.25) is 5.02 Å². The first-order valence-electron chi connectivity index (χ1n) is 8.99. The predicted molar refractivity (Wildman–Crippen MR) is 122 cm³/mol. The van der Waals surface area contributed by atoms with Crippen molar-refractivity contribution in [1.82, 2.24) is 0 Å². The average molecular weight is 509 g/mol. The molecule has 0 radical (unpaired) electrons. The van der Waals surface area contributed by atoms with Crippen molar-refractivity contribution in [1.29, 1.82) is 0 Å². The zero-order chi connectivity index (χ0) is 21.9. The van der Waals surface area contributed by atoms with Crippen molar-refractivity contribution in [3.05, 3.63) is 87.4 Å². The third kappa shape index (κ3) is 4.69. The SMILES string of the molecule is Cc1cccc(N(C(=O)COc2ccc(Cl)cc2Br)S(=O)(=O)c2ccccc2)c1C. The summed E-state index contributed by atoms with van der Waals surface area (Å²) < 4.78 is 33.7. The maximum Gasteiger partial charge on any atom is 0.278 e. The molecule has 156 valence electrons. The number of aryl methyl sites for hydroxylation is 1. The molecule has 3 aromatic rings. The van der Waals surface area contributed by atoms with Crippen LogP contribution in [0.5, 0.6) is 5.75 Å². The van der Waals surface area contributed by atoms with E-state index in [9.17, 15) is 13.2 Å². The highest BCUT2D eigenvalue weighted by Gasteiger charge is 2.32. The van der Waals surface area contributed by atoms with Gasteiger partial charge >= 0.3 is 0 Å². The van der Waals surface area contributed by atoms with E-state index in [2.05, 4.69) is 15.9 Å². The maximum absolute atomic E-state index is 13.4. The molecule has 0 aromatic heterocycles. The standard InChI is InChI=1S/C22H19BrClNO4S/c1-15-7-6-10-20(16(15)2)25(30(27,28)18-8-4-3-5-9-18)22(26)14-29-21-12-11-17(24)13-19(21)23/h3-13H,14H2,1-2H3. The lowest BCUT2D eigenvalue weighted by atomic mass is 10.1. The maximum atomic E-state index is 13.4. The number of halogens is 2. The van der Waals surface area contributed by atoms with E-state index in [1.165, 1.54) is 12.1 Å². The molecule has 0 N–H and O–H groups in total. The molecule has 5 nitrogen and oxygen atoms in total. The van der Waals surface area contributed by atoms with Gasteiger partial charge in [-0.25, -0.2) is 8.42 Å². The summed E-state index contributed by atoms with van der Waals surface area (Å²) in [6, 6.07) is 17.9. The number of carbonyl (C=O) groups excluding carboxylic acids is 1. The molecule has 0 aliphatic rings. The van der Waals surface area contributed by atoms with Crippen LogP contribution in [0.3, 0.4) is 0 Å². The Morgan fingerprint density at radius 3 is 2.40 bits per heavy atom. The Labute approximate surface area is 189 Å². The van der Waals surface area contributed by atoms with Gasteiger partial charge in [-0.2, -0.15) is 4.31 Å². The van der Waals surface area contributed by atoms with Gasteiger partial charge in [0, 0.05) is 5.02 Å². The van der Waals surface area contributed by atoms with Crippen LogP contribution in [0.15, 0.2) is 76.1 Å². The van der Waals surface area contributed by atoms with Crippen molar-refractivity contribution in [3.63, 3.8) is 0 Å². The molecule has 0 unspecified atom stereocenters. The summed E-state index contributed by atoms with van der Waals surface area (Å²) in [5.41, 5.74) is 1.86. The Morgan fingerprint density at radius 1 is 1.03 bits per heavy atom. The molecule has 3 rings (SSSR count). The number of rotatable bonds is 6. The Balaban J connectivity index is 2.01. The monoisotopic (exact) mass is 507 g/mol. The van der Waals surface area contributed by atoms with Crippen LogP contribution >= 0.6 is 27.5 Å². The average Bonchev–Trinajstić information content (AvgIpc) is 2.71. The lowest BCUT2D eigenvalue weighted by Gasteiger charge is -2.25. The van der Waals surface area contributed by atoms with Crippen molar-refractivity contribution >= 4 is 49.1 Å². The molecule has 0 aliphatic carbocycles. The summed E-state index contributed by atoms with van der Waals surface area (Å²) >= 11 is 9.25. The van der Waals surface area contributed by atoms with Gasteiger partial charge in [-0.3, -0.25) is 4.79 Å². The van der Waals surface area contributed by atoms with Gasteiger partial charge in [0.05, 0.1) is 15.1 Å². The van der Waals surface area contributed by atoms with Gasteiger partial charge in [-0.05, 0) is 77.3 Å². The summed E-state index contributed by atoms with van der Waals surface area (Å²) in [4.78, 5) is 13.2. The smallest absolute Gasteiger partial charge is 0.278 e. The first-order chi connectivity index (χ1) is 14.2. The summed E-state index contributed by atoms with van der Waals surface area (Å²) in [6.45, 7) is 3.17. The fraction of sp³-hybridized carbons (Fsp3) is 0.136. The van der Waals surface area contributed by atoms with E-state index in [1.807, 2.05) is 13.0 Å². The number of benzene rings is 3. The minimum atomic E-state index is -4.14. The number of nitrogens with zero attached hydrogens (tertiary/aromatic N) is 1. The lowest BCUT2D eigenvalue weighted by molar-refractivity contribution is -0.119. The van der Waals surface area contributed by atoms with Crippen LogP contribution < -0.4 is 9.04 Å². The first kappa shape index (κ1) is 22.3. The van der Waals surface area contributed by atoms with Gasteiger partial charge in [-0.1, -0.05) is 41.9 Å². The van der Waals surface area contributed by atoms with Gasteiger partial charge in [-0.15, -0.1) is 0 Å². The molecule has 0 heterocycles. The highest BCUT2D eigenvalue weighted by atomic mass is 79.9. The predicted octanol–water partition coefficient (Wildman–Crippen LogP) is 5.52. The van der Waals surface area contributed by atoms with Crippen molar-refractivity contribution < 1.29 is 17.9 Å². The molecule has 0 bridgehead atoms. The third-order valence-electron chi connectivity index (χ3n) is 4.55. The van der Waals surface area contributed by atoms with E-state index < -0.39 is 22.5 Å². The van der Waals surface area contributed by atoms with Crippen LogP contribution in [0.4, 0.5) is 5.69 Å². The lowest BCUT2D eigenvalue weighted by Crippen LogP contribution is -2.40. The molecule has 0 atom stereocenters. The normalized spacial score (nSPS) is 11.2. The second-order valence-corrected chi connectivity index (χ2v) is 9.64. The molecule has 3 aromatic carbocycles. The second kappa shape index (κ2) is 9.20. The topological polar surface area (TPSA) is 63.7 Å². The molecule has 0 spiro atoms.